The Labute approximate surface area is 111 Å². The SMILES string of the molecule is CCCC(C)Oc1cc(CNC(C)C)cc(C)n1. The quantitative estimate of drug-likeness (QED) is 0.804. The van der Waals surface area contributed by atoms with Gasteiger partial charge in [0.25, 0.3) is 0 Å². The van der Waals surface area contributed by atoms with Gasteiger partial charge in [0, 0.05) is 24.3 Å². The fourth-order valence-corrected chi connectivity index (χ4v) is 1.86. The number of hydrogen-bond acceptors (Lipinski definition) is 3. The summed E-state index contributed by atoms with van der Waals surface area (Å²) < 4.78 is 5.84. The van der Waals surface area contributed by atoms with E-state index in [1.165, 1.54) is 5.56 Å². The second-order valence-corrected chi connectivity index (χ2v) is 5.21. The Morgan fingerprint density at radius 2 is 2.00 bits per heavy atom. The Kier molecular flexibility index (Phi) is 6.13. The highest BCUT2D eigenvalue weighted by Crippen LogP contribution is 2.15. The van der Waals surface area contributed by atoms with Gasteiger partial charge in [0.1, 0.15) is 0 Å². The van der Waals surface area contributed by atoms with Crippen molar-refractivity contribution >= 4 is 0 Å². The van der Waals surface area contributed by atoms with Gasteiger partial charge in [0.05, 0.1) is 6.10 Å². The van der Waals surface area contributed by atoms with E-state index < -0.39 is 0 Å². The van der Waals surface area contributed by atoms with Gasteiger partial charge in [-0.15, -0.1) is 0 Å². The molecule has 1 heterocycles. The Morgan fingerprint density at radius 1 is 1.28 bits per heavy atom. The third-order valence-electron chi connectivity index (χ3n) is 2.72. The molecule has 0 spiro atoms. The summed E-state index contributed by atoms with van der Waals surface area (Å²) in [5.74, 6) is 0.747. The summed E-state index contributed by atoms with van der Waals surface area (Å²) in [5, 5.41) is 3.41. The number of aryl methyl sites for hydroxylation is 1. The van der Waals surface area contributed by atoms with Crippen LogP contribution in [-0.4, -0.2) is 17.1 Å². The van der Waals surface area contributed by atoms with E-state index >= 15 is 0 Å². The maximum atomic E-state index is 5.84. The van der Waals surface area contributed by atoms with E-state index in [2.05, 4.69) is 44.1 Å². The van der Waals surface area contributed by atoms with Gasteiger partial charge in [0.2, 0.25) is 5.88 Å². The van der Waals surface area contributed by atoms with Gasteiger partial charge in [-0.1, -0.05) is 27.2 Å². The average molecular weight is 250 g/mol. The molecule has 0 saturated heterocycles. The summed E-state index contributed by atoms with van der Waals surface area (Å²) in [6.45, 7) is 11.4. The fraction of sp³-hybridized carbons (Fsp3) is 0.667. The third-order valence-corrected chi connectivity index (χ3v) is 2.72. The van der Waals surface area contributed by atoms with Crippen LogP contribution in [0.2, 0.25) is 0 Å². The number of pyridine rings is 1. The van der Waals surface area contributed by atoms with Gasteiger partial charge in [-0.05, 0) is 31.9 Å². The molecular formula is C15H26N2O. The molecule has 0 saturated carbocycles. The average Bonchev–Trinajstić information content (AvgIpc) is 2.25. The molecule has 1 aromatic rings. The van der Waals surface area contributed by atoms with Gasteiger partial charge < -0.3 is 10.1 Å². The van der Waals surface area contributed by atoms with Crippen molar-refractivity contribution in [1.29, 1.82) is 0 Å². The van der Waals surface area contributed by atoms with Crippen molar-refractivity contribution in [3.8, 4) is 5.88 Å². The molecule has 0 aliphatic heterocycles. The van der Waals surface area contributed by atoms with E-state index in [-0.39, 0.29) is 6.10 Å². The zero-order chi connectivity index (χ0) is 13.5. The highest BCUT2D eigenvalue weighted by Gasteiger charge is 2.06. The van der Waals surface area contributed by atoms with Crippen LogP contribution in [0.1, 0.15) is 51.8 Å². The van der Waals surface area contributed by atoms with Crippen LogP contribution in [-0.2, 0) is 6.54 Å². The number of ether oxygens (including phenoxy) is 1. The van der Waals surface area contributed by atoms with Crippen molar-refractivity contribution in [1.82, 2.24) is 10.3 Å². The molecule has 102 valence electrons. The van der Waals surface area contributed by atoms with Crippen molar-refractivity contribution in [2.45, 2.75) is 66.2 Å². The molecule has 0 bridgehead atoms. The van der Waals surface area contributed by atoms with Crippen molar-refractivity contribution in [3.63, 3.8) is 0 Å². The van der Waals surface area contributed by atoms with Crippen LogP contribution in [0.3, 0.4) is 0 Å². The molecule has 1 atom stereocenters. The molecular weight excluding hydrogens is 224 g/mol. The first-order valence-corrected chi connectivity index (χ1v) is 6.88. The summed E-state index contributed by atoms with van der Waals surface area (Å²) in [5.41, 5.74) is 2.24. The summed E-state index contributed by atoms with van der Waals surface area (Å²) in [4.78, 5) is 4.43. The molecule has 0 amide bonds. The summed E-state index contributed by atoms with van der Waals surface area (Å²) in [7, 11) is 0. The Bertz CT molecular complexity index is 364. The molecule has 1 aromatic heterocycles. The highest BCUT2D eigenvalue weighted by atomic mass is 16.5. The van der Waals surface area contributed by atoms with Crippen molar-refractivity contribution in [3.05, 3.63) is 23.4 Å². The minimum absolute atomic E-state index is 0.232. The van der Waals surface area contributed by atoms with Gasteiger partial charge in [-0.25, -0.2) is 4.98 Å². The molecule has 1 rings (SSSR count). The van der Waals surface area contributed by atoms with Crippen LogP contribution in [0.25, 0.3) is 0 Å². The first kappa shape index (κ1) is 15.0. The van der Waals surface area contributed by atoms with Crippen molar-refractivity contribution in [2.24, 2.45) is 0 Å². The molecule has 3 nitrogen and oxygen atoms in total. The predicted octanol–water partition coefficient (Wildman–Crippen LogP) is 3.46. The van der Waals surface area contributed by atoms with Gasteiger partial charge in [0.15, 0.2) is 0 Å². The number of nitrogens with one attached hydrogen (secondary N) is 1. The lowest BCUT2D eigenvalue weighted by atomic mass is 10.2. The maximum absolute atomic E-state index is 5.84. The monoisotopic (exact) mass is 250 g/mol. The normalized spacial score (nSPS) is 12.8. The molecule has 0 aliphatic rings. The van der Waals surface area contributed by atoms with Crippen LogP contribution < -0.4 is 10.1 Å². The maximum Gasteiger partial charge on any atom is 0.214 e. The topological polar surface area (TPSA) is 34.1 Å². The van der Waals surface area contributed by atoms with E-state index in [1.807, 2.05) is 13.0 Å². The van der Waals surface area contributed by atoms with Gasteiger partial charge >= 0.3 is 0 Å². The van der Waals surface area contributed by atoms with E-state index in [0.29, 0.717) is 6.04 Å². The fourth-order valence-electron chi connectivity index (χ4n) is 1.86. The van der Waals surface area contributed by atoms with Gasteiger partial charge in [-0.3, -0.25) is 0 Å². The molecule has 0 aromatic carbocycles. The molecule has 1 N–H and O–H groups in total. The zero-order valence-electron chi connectivity index (χ0n) is 12.3. The largest absolute Gasteiger partial charge is 0.475 e. The molecule has 18 heavy (non-hydrogen) atoms. The van der Waals surface area contributed by atoms with E-state index in [0.717, 1.165) is 31.0 Å². The predicted molar refractivity (Wildman–Crippen MR) is 75.9 cm³/mol. The minimum atomic E-state index is 0.232. The summed E-state index contributed by atoms with van der Waals surface area (Å²) >= 11 is 0. The Morgan fingerprint density at radius 3 is 2.61 bits per heavy atom. The van der Waals surface area contributed by atoms with Crippen LogP contribution >= 0.6 is 0 Å². The number of nitrogens with zero attached hydrogens (tertiary/aromatic N) is 1. The zero-order valence-corrected chi connectivity index (χ0v) is 12.3. The first-order chi connectivity index (χ1) is 8.51. The molecule has 0 fully saturated rings. The lowest BCUT2D eigenvalue weighted by Gasteiger charge is -2.15. The van der Waals surface area contributed by atoms with Crippen LogP contribution in [0.4, 0.5) is 0 Å². The second-order valence-electron chi connectivity index (χ2n) is 5.21. The molecule has 3 heteroatoms. The first-order valence-electron chi connectivity index (χ1n) is 6.88. The lowest BCUT2D eigenvalue weighted by molar-refractivity contribution is 0.201. The number of rotatable bonds is 7. The third kappa shape index (κ3) is 5.50. The van der Waals surface area contributed by atoms with Crippen molar-refractivity contribution in [2.75, 3.05) is 0 Å². The molecule has 0 radical (unpaired) electrons. The summed E-state index contributed by atoms with van der Waals surface area (Å²) in [6.07, 6.45) is 2.43. The van der Waals surface area contributed by atoms with Gasteiger partial charge in [-0.2, -0.15) is 0 Å². The second kappa shape index (κ2) is 7.37. The smallest absolute Gasteiger partial charge is 0.214 e. The number of hydrogen-bond donors (Lipinski definition) is 1. The van der Waals surface area contributed by atoms with Crippen LogP contribution in [0.15, 0.2) is 12.1 Å². The van der Waals surface area contributed by atoms with Crippen LogP contribution in [0.5, 0.6) is 5.88 Å². The van der Waals surface area contributed by atoms with E-state index in [9.17, 15) is 0 Å². The standard InChI is InChI=1S/C15H26N2O/c1-6-7-13(5)18-15-9-14(8-12(4)17-15)10-16-11(2)3/h8-9,11,13,16H,6-7,10H2,1-5H3. The minimum Gasteiger partial charge on any atom is -0.475 e. The Balaban J connectivity index is 2.68. The van der Waals surface area contributed by atoms with E-state index in [1.54, 1.807) is 0 Å². The molecule has 0 aliphatic carbocycles. The highest BCUT2D eigenvalue weighted by molar-refractivity contribution is 5.24. The van der Waals surface area contributed by atoms with E-state index in [4.69, 9.17) is 4.74 Å². The van der Waals surface area contributed by atoms with Crippen molar-refractivity contribution < 1.29 is 4.74 Å². The van der Waals surface area contributed by atoms with Crippen LogP contribution in [0, 0.1) is 6.92 Å². The lowest BCUT2D eigenvalue weighted by Crippen LogP contribution is -2.22. The Hall–Kier alpha value is -1.09. The number of aromatic nitrogens is 1. The molecule has 1 unspecified atom stereocenters. The summed E-state index contributed by atoms with van der Waals surface area (Å²) in [6, 6.07) is 4.63.